The number of nitrogens with one attached hydrogen (secondary N) is 1. The highest BCUT2D eigenvalue weighted by Gasteiger charge is 2.35. The van der Waals surface area contributed by atoms with Gasteiger partial charge in [-0.1, -0.05) is 42.5 Å². The Balaban J connectivity index is 1.35. The summed E-state index contributed by atoms with van der Waals surface area (Å²) in [7, 11) is 0. The molecule has 4 aromatic rings. The first-order chi connectivity index (χ1) is 15.6. The van der Waals surface area contributed by atoms with E-state index >= 15 is 0 Å². The van der Waals surface area contributed by atoms with Crippen LogP contribution in [-0.2, 0) is 9.59 Å². The second-order valence-electron chi connectivity index (χ2n) is 8.16. The third-order valence-corrected chi connectivity index (χ3v) is 6.06. The maximum absolute atomic E-state index is 12.6. The minimum absolute atomic E-state index is 0.0298. The number of rotatable bonds is 4. The maximum atomic E-state index is 12.6. The Morgan fingerprint density at radius 1 is 0.969 bits per heavy atom. The van der Waals surface area contributed by atoms with Gasteiger partial charge >= 0.3 is 0 Å². The molecule has 2 heterocycles. The van der Waals surface area contributed by atoms with Gasteiger partial charge in [0.15, 0.2) is 0 Å². The fraction of sp³-hybridized carbons (Fsp3) is 0.148. The number of carbonyl (C=O) groups is 2. The van der Waals surface area contributed by atoms with Crippen molar-refractivity contribution < 1.29 is 9.59 Å². The molecule has 5 rings (SSSR count). The summed E-state index contributed by atoms with van der Waals surface area (Å²) in [6, 6.07) is 23.6. The second kappa shape index (κ2) is 8.27. The monoisotopic (exact) mass is 421 g/mol. The molecule has 2 amide bonds. The average Bonchev–Trinajstić information content (AvgIpc) is 3.22. The molecule has 1 fully saturated rings. The molecule has 3 aromatic carbocycles. The highest BCUT2D eigenvalue weighted by Crippen LogP contribution is 2.33. The quantitative estimate of drug-likeness (QED) is 0.493. The van der Waals surface area contributed by atoms with Crippen LogP contribution in [0.4, 0.5) is 11.4 Å². The van der Waals surface area contributed by atoms with Crippen LogP contribution in [-0.4, -0.2) is 23.3 Å². The van der Waals surface area contributed by atoms with E-state index in [1.165, 1.54) is 5.56 Å². The van der Waals surface area contributed by atoms with Crippen LogP contribution in [0.15, 0.2) is 85.2 Å². The van der Waals surface area contributed by atoms with Crippen molar-refractivity contribution in [2.75, 3.05) is 16.8 Å². The fourth-order valence-corrected chi connectivity index (χ4v) is 4.30. The van der Waals surface area contributed by atoms with Crippen LogP contribution < -0.4 is 10.2 Å². The number of aryl methyl sites for hydroxylation is 1. The third kappa shape index (κ3) is 3.73. The molecule has 1 aromatic heterocycles. The van der Waals surface area contributed by atoms with Gasteiger partial charge in [0.05, 0.1) is 5.92 Å². The lowest BCUT2D eigenvalue weighted by molar-refractivity contribution is -0.122. The number of nitrogens with zero attached hydrogens (tertiary/aromatic N) is 2. The van der Waals surface area contributed by atoms with E-state index in [0.29, 0.717) is 6.54 Å². The summed E-state index contributed by atoms with van der Waals surface area (Å²) < 4.78 is 0. The van der Waals surface area contributed by atoms with Gasteiger partial charge in [0.25, 0.3) is 0 Å². The molecule has 1 N–H and O–H groups in total. The Labute approximate surface area is 186 Å². The summed E-state index contributed by atoms with van der Waals surface area (Å²) in [4.78, 5) is 31.2. The molecule has 5 heteroatoms. The van der Waals surface area contributed by atoms with Crippen LogP contribution in [0.1, 0.15) is 12.0 Å². The van der Waals surface area contributed by atoms with Gasteiger partial charge in [0, 0.05) is 42.1 Å². The predicted octanol–water partition coefficient (Wildman–Crippen LogP) is 5.20. The lowest BCUT2D eigenvalue weighted by Crippen LogP contribution is -2.28. The Morgan fingerprint density at radius 2 is 1.75 bits per heavy atom. The van der Waals surface area contributed by atoms with Crippen molar-refractivity contribution in [3.05, 3.63) is 90.8 Å². The summed E-state index contributed by atoms with van der Waals surface area (Å²) in [5.41, 5.74) is 4.96. The van der Waals surface area contributed by atoms with Crippen LogP contribution >= 0.6 is 0 Å². The molecule has 1 unspecified atom stereocenters. The fourth-order valence-electron chi connectivity index (χ4n) is 4.30. The summed E-state index contributed by atoms with van der Waals surface area (Å²) in [6.45, 7) is 2.47. The zero-order chi connectivity index (χ0) is 22.1. The van der Waals surface area contributed by atoms with Crippen molar-refractivity contribution >= 4 is 34.0 Å². The average molecular weight is 422 g/mol. The number of amides is 2. The molecule has 5 nitrogen and oxygen atoms in total. The molecule has 158 valence electrons. The molecule has 1 atom stereocenters. The van der Waals surface area contributed by atoms with E-state index in [1.807, 2.05) is 73.1 Å². The van der Waals surface area contributed by atoms with Gasteiger partial charge in [-0.05, 0) is 59.3 Å². The third-order valence-electron chi connectivity index (χ3n) is 6.06. The zero-order valence-corrected chi connectivity index (χ0v) is 17.8. The zero-order valence-electron chi connectivity index (χ0n) is 17.8. The molecule has 0 bridgehead atoms. The summed E-state index contributed by atoms with van der Waals surface area (Å²) in [6.07, 6.45) is 3.92. The van der Waals surface area contributed by atoms with Gasteiger partial charge in [-0.3, -0.25) is 14.6 Å². The summed E-state index contributed by atoms with van der Waals surface area (Å²) in [5.74, 6) is -0.517. The number of aromatic nitrogens is 1. The lowest BCUT2D eigenvalue weighted by atomic mass is 9.96. The number of carbonyl (C=O) groups excluding carboxylic acids is 2. The first kappa shape index (κ1) is 19.9. The number of para-hydroxylation sites is 1. The van der Waals surface area contributed by atoms with Crippen molar-refractivity contribution in [2.45, 2.75) is 13.3 Å². The van der Waals surface area contributed by atoms with Crippen LogP contribution in [0.25, 0.3) is 21.9 Å². The number of hydrogen-bond donors (Lipinski definition) is 1. The SMILES string of the molecule is Cc1ccc(-c2ccc(N3CC(C(=O)Nc4ccccc4)CC3=O)cc2)c2ccncc12. The molecule has 0 aliphatic carbocycles. The Bertz CT molecular complexity index is 1300. The van der Waals surface area contributed by atoms with E-state index in [0.717, 1.165) is 33.3 Å². The molecule has 1 aliphatic heterocycles. The van der Waals surface area contributed by atoms with Crippen molar-refractivity contribution in [3.8, 4) is 11.1 Å². The van der Waals surface area contributed by atoms with E-state index in [4.69, 9.17) is 0 Å². The Morgan fingerprint density at radius 3 is 2.53 bits per heavy atom. The van der Waals surface area contributed by atoms with Crippen molar-refractivity contribution in [3.63, 3.8) is 0 Å². The lowest BCUT2D eigenvalue weighted by Gasteiger charge is -2.17. The van der Waals surface area contributed by atoms with Gasteiger partial charge in [-0.2, -0.15) is 0 Å². The first-order valence-electron chi connectivity index (χ1n) is 10.7. The maximum Gasteiger partial charge on any atom is 0.229 e. The largest absolute Gasteiger partial charge is 0.326 e. The van der Waals surface area contributed by atoms with Crippen molar-refractivity contribution in [1.29, 1.82) is 0 Å². The van der Waals surface area contributed by atoms with Crippen molar-refractivity contribution in [2.24, 2.45) is 5.92 Å². The van der Waals surface area contributed by atoms with Crippen molar-refractivity contribution in [1.82, 2.24) is 4.98 Å². The minimum Gasteiger partial charge on any atom is -0.326 e. The number of benzene rings is 3. The predicted molar refractivity (Wildman–Crippen MR) is 127 cm³/mol. The Hall–Kier alpha value is -3.99. The number of anilines is 2. The number of pyridine rings is 1. The highest BCUT2D eigenvalue weighted by atomic mass is 16.2. The van der Waals surface area contributed by atoms with Gasteiger partial charge in [0.2, 0.25) is 11.8 Å². The van der Waals surface area contributed by atoms with Crippen LogP contribution in [0.3, 0.4) is 0 Å². The van der Waals surface area contributed by atoms with Crippen LogP contribution in [0, 0.1) is 12.8 Å². The molecular weight excluding hydrogens is 398 g/mol. The highest BCUT2D eigenvalue weighted by molar-refractivity contribution is 6.04. The van der Waals surface area contributed by atoms with Gasteiger partial charge in [0.1, 0.15) is 0 Å². The van der Waals surface area contributed by atoms with Crippen LogP contribution in [0.2, 0.25) is 0 Å². The number of hydrogen-bond acceptors (Lipinski definition) is 3. The first-order valence-corrected chi connectivity index (χ1v) is 10.7. The van der Waals surface area contributed by atoms with Gasteiger partial charge in [-0.25, -0.2) is 0 Å². The molecule has 0 saturated carbocycles. The molecule has 1 saturated heterocycles. The molecule has 0 spiro atoms. The van der Waals surface area contributed by atoms with E-state index in [1.54, 1.807) is 4.90 Å². The molecule has 0 radical (unpaired) electrons. The Kier molecular flexibility index (Phi) is 5.15. The van der Waals surface area contributed by atoms with E-state index in [2.05, 4.69) is 29.4 Å². The van der Waals surface area contributed by atoms with Gasteiger partial charge < -0.3 is 10.2 Å². The topological polar surface area (TPSA) is 62.3 Å². The van der Waals surface area contributed by atoms with Gasteiger partial charge in [-0.15, -0.1) is 0 Å². The smallest absolute Gasteiger partial charge is 0.229 e. The van der Waals surface area contributed by atoms with E-state index < -0.39 is 0 Å². The van der Waals surface area contributed by atoms with E-state index in [9.17, 15) is 9.59 Å². The second-order valence-corrected chi connectivity index (χ2v) is 8.16. The number of fused-ring (bicyclic) bond motifs is 1. The summed E-state index contributed by atoms with van der Waals surface area (Å²) >= 11 is 0. The molecule has 32 heavy (non-hydrogen) atoms. The summed E-state index contributed by atoms with van der Waals surface area (Å²) in [5, 5.41) is 5.20. The standard InChI is InChI=1S/C27H23N3O2/c1-18-7-12-23(24-13-14-28-16-25(18)24)19-8-10-22(11-9-19)30-17-20(15-26(30)31)27(32)29-21-5-3-2-4-6-21/h2-14,16,20H,15,17H2,1H3,(H,29,32). The van der Waals surface area contributed by atoms with Crippen LogP contribution in [0.5, 0.6) is 0 Å². The normalized spacial score (nSPS) is 15.8. The molecular formula is C27H23N3O2. The minimum atomic E-state index is -0.365. The van der Waals surface area contributed by atoms with E-state index in [-0.39, 0.29) is 24.2 Å². The molecule has 1 aliphatic rings.